The van der Waals surface area contributed by atoms with Crippen LogP contribution in [0.15, 0.2) is 0 Å². The van der Waals surface area contributed by atoms with Crippen molar-refractivity contribution in [1.82, 2.24) is 39.2 Å². The number of fused-ring (bicyclic) bond motifs is 1. The summed E-state index contributed by atoms with van der Waals surface area (Å²) in [5, 5.41) is 0. The molecule has 0 amide bonds. The molecule has 0 bridgehead atoms. The molecule has 0 aromatic rings. The Labute approximate surface area is 835 Å². The Morgan fingerprint density at radius 3 is 0.759 bits per heavy atom. The second kappa shape index (κ2) is 55.3. The second-order valence-electron chi connectivity index (χ2n) is 56.5. The lowest BCUT2D eigenvalue weighted by Gasteiger charge is -2.55. The molecule has 782 valence electrons. The fourth-order valence-electron chi connectivity index (χ4n) is 29.7. The van der Waals surface area contributed by atoms with Crippen molar-refractivity contribution in [2.75, 3.05) is 105 Å². The number of piperidine rings is 8. The summed E-state index contributed by atoms with van der Waals surface area (Å²) >= 11 is 0. The van der Waals surface area contributed by atoms with Gasteiger partial charge in [0.2, 0.25) is 0 Å². The Bertz CT molecular complexity index is 3020. The monoisotopic (exact) mass is 1860 g/mol. The van der Waals surface area contributed by atoms with Crippen LogP contribution in [0.5, 0.6) is 0 Å². The van der Waals surface area contributed by atoms with Gasteiger partial charge in [-0.25, -0.2) is 0 Å². The van der Waals surface area contributed by atoms with Crippen LogP contribution in [0.3, 0.4) is 0 Å². The number of hydrogen-bond donors (Lipinski definition) is 0. The van der Waals surface area contributed by atoms with Gasteiger partial charge in [0.05, 0.1) is 0 Å². The van der Waals surface area contributed by atoms with Gasteiger partial charge < -0.3 is 39.2 Å². The van der Waals surface area contributed by atoms with Crippen LogP contribution in [0.25, 0.3) is 0 Å². The van der Waals surface area contributed by atoms with Crippen LogP contribution in [-0.4, -0.2) is 192 Å². The van der Waals surface area contributed by atoms with Crippen molar-refractivity contribution in [3.05, 3.63) is 0 Å². The van der Waals surface area contributed by atoms with E-state index in [1.807, 2.05) is 0 Å². The standard InChI is InChI=1S/2C17H33N.3C16H31N.C15H29N.2C14H27N/c1-13(2)5-6-15-11-17(12-15)16-7-9-18(10-8-16)14(3)4;1-14(2)6-5-7-16-8-9-17(16)10-12-18(13-11-17)15(3)4;1-12(2)9-14-10-16(11-14)15-5-7-17(8-6-15)13(3)4;1-13(2)5-6-15-7-8-16(15)9-11-17(12-10-16)14(3)4;1-13(2)6-5-7-15-12-16(15)8-10-17(11-9-16)14(3)4;1-12(2)5-6-14-11-15(14)7-9-16(10-8-15)13(3)4;1-11(2)9-13-10-14(13)5-7-15(8-6-14)12(3)4;1-10(2)6-5-7-12-13-8-15(11(3)4)9-14(12)13/h13-17H,5-12H2,1-4H3;14-16H,5-13H2,1-4H3;12-16H,5-11H2,1-4H3;2*13-15H,5-12H2,1-4H3;12-14H,5-11H2,1-4H3;11-13H,5-10H2,1-4H3;10-14H,5-9H2,1-4H3/t;;;;;;;12?,13-,14+. The lowest BCUT2D eigenvalue weighted by atomic mass is 9.54. The molecule has 8 saturated carbocycles. The average Bonchev–Trinajstić information content (AvgIpc) is 1.60. The van der Waals surface area contributed by atoms with Gasteiger partial charge in [-0.2, -0.15) is 0 Å². The van der Waals surface area contributed by atoms with Gasteiger partial charge in [-0.3, -0.25) is 0 Å². The lowest BCUT2D eigenvalue weighted by Crippen LogP contribution is -2.50. The zero-order valence-electron chi connectivity index (χ0n) is 96.4. The molecule has 6 unspecified atom stereocenters. The Kier molecular flexibility index (Phi) is 48.3. The van der Waals surface area contributed by atoms with E-state index in [1.165, 1.54) is 336 Å². The summed E-state index contributed by atoms with van der Waals surface area (Å²) in [6, 6.07) is 6.05. The number of nitrogens with zero attached hydrogens (tertiary/aromatic N) is 8. The van der Waals surface area contributed by atoms with E-state index in [9.17, 15) is 0 Å². The fourth-order valence-corrected chi connectivity index (χ4v) is 29.7. The predicted molar refractivity (Wildman–Crippen MR) is 587 cm³/mol. The maximum Gasteiger partial charge on any atom is 0.00388 e. The molecule has 8 nitrogen and oxygen atoms in total. The molecule has 8 atom stereocenters. The van der Waals surface area contributed by atoms with Crippen molar-refractivity contribution >= 4 is 0 Å². The number of likely N-dealkylation sites (tertiary alicyclic amines) is 8. The molecule has 8 aliphatic heterocycles. The van der Waals surface area contributed by atoms with Gasteiger partial charge >= 0.3 is 0 Å². The minimum absolute atomic E-state index is 0.751. The molecule has 0 aromatic carbocycles. The molecule has 8 heteroatoms. The van der Waals surface area contributed by atoms with E-state index in [-0.39, 0.29) is 0 Å². The molecular formula is C125H242N8. The van der Waals surface area contributed by atoms with Crippen molar-refractivity contribution in [1.29, 1.82) is 0 Å². The fraction of sp³-hybridized carbons (Fsp3) is 1.00. The topological polar surface area (TPSA) is 25.9 Å². The average molecular weight is 1860 g/mol. The van der Waals surface area contributed by atoms with E-state index >= 15 is 0 Å². The van der Waals surface area contributed by atoms with Crippen molar-refractivity contribution in [3.8, 4) is 0 Å². The highest BCUT2D eigenvalue weighted by Crippen LogP contribution is 2.65. The largest absolute Gasteiger partial charge is 0.301 e. The molecule has 133 heavy (non-hydrogen) atoms. The molecule has 5 spiro atoms. The maximum atomic E-state index is 2.68. The normalized spacial score (nSPS) is 30.3. The Balaban J connectivity index is 0.000000171. The van der Waals surface area contributed by atoms with E-state index in [4.69, 9.17) is 0 Å². The minimum atomic E-state index is 0.751. The van der Waals surface area contributed by atoms with Gasteiger partial charge in [0.15, 0.2) is 0 Å². The third-order valence-electron chi connectivity index (χ3n) is 40.9. The van der Waals surface area contributed by atoms with E-state index in [2.05, 4.69) is 261 Å². The highest BCUT2D eigenvalue weighted by molar-refractivity contribution is 5.09. The van der Waals surface area contributed by atoms with Crippen LogP contribution in [0.1, 0.15) is 491 Å². The molecule has 8 aliphatic carbocycles. The zero-order chi connectivity index (χ0) is 97.5. The van der Waals surface area contributed by atoms with E-state index < -0.39 is 0 Å². The smallest absolute Gasteiger partial charge is 0.00388 e. The third-order valence-corrected chi connectivity index (χ3v) is 40.9. The van der Waals surface area contributed by atoms with Crippen LogP contribution in [-0.2, 0) is 0 Å². The molecule has 16 rings (SSSR count). The predicted octanol–water partition coefficient (Wildman–Crippen LogP) is 33.0. The number of hydrogen-bond acceptors (Lipinski definition) is 8. The molecule has 0 radical (unpaired) electrons. The van der Waals surface area contributed by atoms with E-state index in [1.54, 1.807) is 38.5 Å². The Morgan fingerprint density at radius 2 is 0.459 bits per heavy atom. The molecule has 0 aromatic heterocycles. The summed E-state index contributed by atoms with van der Waals surface area (Å²) < 4.78 is 0. The molecule has 8 heterocycles. The third kappa shape index (κ3) is 36.7. The zero-order valence-corrected chi connectivity index (χ0v) is 96.4. The van der Waals surface area contributed by atoms with Gasteiger partial charge in [-0.1, -0.05) is 175 Å². The first kappa shape index (κ1) is 116. The minimum Gasteiger partial charge on any atom is -0.301 e. The molecule has 0 N–H and O–H groups in total. The number of rotatable bonds is 35. The van der Waals surface area contributed by atoms with Gasteiger partial charge in [-0.15, -0.1) is 0 Å². The van der Waals surface area contributed by atoms with Crippen molar-refractivity contribution < 1.29 is 0 Å². The maximum absolute atomic E-state index is 2.68. The molecule has 8 saturated heterocycles. The Morgan fingerprint density at radius 1 is 0.203 bits per heavy atom. The van der Waals surface area contributed by atoms with Gasteiger partial charge in [-0.05, 0) is 565 Å². The van der Waals surface area contributed by atoms with Crippen molar-refractivity contribution in [2.45, 2.75) is 540 Å². The molecule has 16 fully saturated rings. The van der Waals surface area contributed by atoms with Crippen molar-refractivity contribution in [2.24, 2.45) is 157 Å². The second-order valence-corrected chi connectivity index (χ2v) is 56.5. The van der Waals surface area contributed by atoms with Gasteiger partial charge in [0.25, 0.3) is 0 Å². The quantitative estimate of drug-likeness (QED) is 0.0619. The summed E-state index contributed by atoms with van der Waals surface area (Å²) in [5.41, 5.74) is 3.97. The summed E-state index contributed by atoms with van der Waals surface area (Å²) in [7, 11) is 0. The summed E-state index contributed by atoms with van der Waals surface area (Å²) in [6.45, 7) is 96.9. The van der Waals surface area contributed by atoms with Crippen molar-refractivity contribution in [3.63, 3.8) is 0 Å². The van der Waals surface area contributed by atoms with Crippen LogP contribution >= 0.6 is 0 Å². The van der Waals surface area contributed by atoms with Gasteiger partial charge in [0, 0.05) is 61.4 Å². The first-order valence-electron chi connectivity index (χ1n) is 60.8. The summed E-state index contributed by atoms with van der Waals surface area (Å²) in [4.78, 5) is 21.3. The highest BCUT2D eigenvalue weighted by Gasteiger charge is 2.58. The first-order valence-corrected chi connectivity index (χ1v) is 60.8. The highest BCUT2D eigenvalue weighted by atomic mass is 15.2. The van der Waals surface area contributed by atoms with E-state index in [0.717, 1.165) is 206 Å². The lowest BCUT2D eigenvalue weighted by molar-refractivity contribution is -0.0460. The summed E-state index contributed by atoms with van der Waals surface area (Å²) in [5.74, 6) is 22.3. The Hall–Kier alpha value is -0.320. The van der Waals surface area contributed by atoms with Gasteiger partial charge in [0.1, 0.15) is 0 Å². The molecular weight excluding hydrogens is 1610 g/mol. The molecule has 16 aliphatic rings. The summed E-state index contributed by atoms with van der Waals surface area (Å²) in [6.07, 6.45) is 62.7. The van der Waals surface area contributed by atoms with Crippen LogP contribution in [0.2, 0.25) is 0 Å². The SMILES string of the molecule is CC(C)CC1CC(C2CCN(C(C)C)CC2)C1.CC(C)CC1CC12CCN(C(C)C)CC2.CC(C)CCC1CC(C2CCN(C(C)C)CC2)C1.CC(C)CCC1CC12CCN(C(C)C)CC2.CC(C)CCC1CCC12CCN(C(C)C)CC2.CC(C)CCCC1CC12CCN(C(C)C)CC2.CC(C)CCCC1CCC12CCN(C(C)C)CC2.CC(C)CCCC1[C@H]2CN(C(C)C)C[C@@H]12. The van der Waals surface area contributed by atoms with Crippen LogP contribution < -0.4 is 0 Å². The first-order chi connectivity index (χ1) is 62.9. The van der Waals surface area contributed by atoms with Crippen LogP contribution in [0, 0.1) is 157 Å². The van der Waals surface area contributed by atoms with E-state index in [0.29, 0.717) is 0 Å². The van der Waals surface area contributed by atoms with Crippen LogP contribution in [0.4, 0.5) is 0 Å².